The molecule has 2 aromatic rings. The van der Waals surface area contributed by atoms with Gasteiger partial charge < -0.3 is 10.1 Å². The summed E-state index contributed by atoms with van der Waals surface area (Å²) in [4.78, 5) is 15.6. The van der Waals surface area contributed by atoms with Crippen molar-refractivity contribution in [2.75, 3.05) is 12.4 Å². The lowest BCUT2D eigenvalue weighted by atomic mass is 10.1. The zero-order valence-corrected chi connectivity index (χ0v) is 11.7. The molecule has 0 spiro atoms. The molecule has 19 heavy (non-hydrogen) atoms. The van der Waals surface area contributed by atoms with E-state index < -0.39 is 0 Å². The molecule has 0 amide bonds. The van der Waals surface area contributed by atoms with Crippen molar-refractivity contribution in [2.24, 2.45) is 0 Å². The van der Waals surface area contributed by atoms with Gasteiger partial charge in [0.15, 0.2) is 0 Å². The summed E-state index contributed by atoms with van der Waals surface area (Å²) in [5.74, 6) is 0.583. The minimum Gasteiger partial charge on any atom is -0.469 e. The molecule has 0 bridgehead atoms. The molecule has 0 fully saturated rings. The normalized spacial score (nSPS) is 10.2. The maximum Gasteiger partial charge on any atom is 0.309 e. The second kappa shape index (κ2) is 6.29. The van der Waals surface area contributed by atoms with Crippen molar-refractivity contribution in [3.8, 4) is 0 Å². The number of esters is 1. The molecule has 0 radical (unpaired) electrons. The van der Waals surface area contributed by atoms with Gasteiger partial charge in [-0.15, -0.1) is 0 Å². The molecule has 1 heterocycles. The Balaban J connectivity index is 2.08. The van der Waals surface area contributed by atoms with Crippen molar-refractivity contribution in [3.05, 3.63) is 35.7 Å². The number of nitrogens with zero attached hydrogens (tertiary/aromatic N) is 2. The minimum absolute atomic E-state index is 0.249. The number of carbonyl (C=O) groups is 1. The molecule has 0 atom stereocenters. The number of anilines is 2. The summed E-state index contributed by atoms with van der Waals surface area (Å²) in [5.41, 5.74) is 1.79. The molecule has 0 unspecified atom stereocenters. The summed E-state index contributed by atoms with van der Waals surface area (Å²) in [6, 6.07) is 7.61. The van der Waals surface area contributed by atoms with Crippen LogP contribution in [0.2, 0.25) is 0 Å². The van der Waals surface area contributed by atoms with Crippen LogP contribution < -0.4 is 5.32 Å². The second-order valence-corrected chi connectivity index (χ2v) is 4.70. The summed E-state index contributed by atoms with van der Waals surface area (Å²) in [7, 11) is 1.39. The van der Waals surface area contributed by atoms with Crippen LogP contribution in [0.3, 0.4) is 0 Å². The van der Waals surface area contributed by atoms with Crippen LogP contribution >= 0.6 is 11.5 Å². The highest BCUT2D eigenvalue weighted by Crippen LogP contribution is 2.20. The van der Waals surface area contributed by atoms with E-state index >= 15 is 0 Å². The first-order chi connectivity index (χ1) is 9.21. The van der Waals surface area contributed by atoms with Crippen LogP contribution in [0.5, 0.6) is 0 Å². The summed E-state index contributed by atoms with van der Waals surface area (Å²) in [6.45, 7) is 2.02. The lowest BCUT2D eigenvalue weighted by molar-refractivity contribution is -0.139. The standard InChI is InChI=1S/C13H15N3O2S/c1-3-11-15-13(19-16-11)14-10-6-4-5-9(7-10)8-12(17)18-2/h4-7H,3,8H2,1-2H3,(H,14,15,16). The van der Waals surface area contributed by atoms with Crippen molar-refractivity contribution < 1.29 is 9.53 Å². The summed E-state index contributed by atoms with van der Waals surface area (Å²) in [6.07, 6.45) is 1.09. The van der Waals surface area contributed by atoms with Gasteiger partial charge in [-0.3, -0.25) is 4.79 Å². The number of rotatable bonds is 5. The van der Waals surface area contributed by atoms with Gasteiger partial charge in [-0.2, -0.15) is 4.37 Å². The molecule has 1 aromatic carbocycles. The number of methoxy groups -OCH3 is 1. The van der Waals surface area contributed by atoms with Crippen LogP contribution in [0, 0.1) is 0 Å². The summed E-state index contributed by atoms with van der Waals surface area (Å²) < 4.78 is 8.86. The van der Waals surface area contributed by atoms with Crippen LogP contribution in [-0.2, 0) is 22.4 Å². The fourth-order valence-corrected chi connectivity index (χ4v) is 2.24. The predicted octanol–water partition coefficient (Wildman–Crippen LogP) is 2.56. The number of carbonyl (C=O) groups excluding carboxylic acids is 1. The lowest BCUT2D eigenvalue weighted by Gasteiger charge is -2.05. The van der Waals surface area contributed by atoms with Crippen LogP contribution in [-0.4, -0.2) is 22.4 Å². The van der Waals surface area contributed by atoms with Gasteiger partial charge >= 0.3 is 5.97 Å². The molecule has 2 rings (SSSR count). The quantitative estimate of drug-likeness (QED) is 0.851. The summed E-state index contributed by atoms with van der Waals surface area (Å²) >= 11 is 1.33. The monoisotopic (exact) mass is 277 g/mol. The van der Waals surface area contributed by atoms with E-state index in [4.69, 9.17) is 0 Å². The Hall–Kier alpha value is -1.95. The summed E-state index contributed by atoms with van der Waals surface area (Å²) in [5, 5.41) is 3.94. The Morgan fingerprint density at radius 3 is 3.00 bits per heavy atom. The Labute approximate surface area is 115 Å². The largest absolute Gasteiger partial charge is 0.469 e. The van der Waals surface area contributed by atoms with Crippen molar-refractivity contribution in [1.82, 2.24) is 9.36 Å². The number of hydrogen-bond donors (Lipinski definition) is 1. The average molecular weight is 277 g/mol. The number of aryl methyl sites for hydroxylation is 1. The zero-order valence-electron chi connectivity index (χ0n) is 10.8. The first-order valence-corrected chi connectivity index (χ1v) is 6.74. The Morgan fingerprint density at radius 2 is 2.32 bits per heavy atom. The van der Waals surface area contributed by atoms with Gasteiger partial charge in [0.2, 0.25) is 5.13 Å². The lowest BCUT2D eigenvalue weighted by Crippen LogP contribution is -2.04. The molecule has 0 saturated heterocycles. The topological polar surface area (TPSA) is 64.1 Å². The van der Waals surface area contributed by atoms with Crippen molar-refractivity contribution in [3.63, 3.8) is 0 Å². The van der Waals surface area contributed by atoms with Crippen LogP contribution in [0.1, 0.15) is 18.3 Å². The van der Waals surface area contributed by atoms with Crippen LogP contribution in [0.4, 0.5) is 10.8 Å². The highest BCUT2D eigenvalue weighted by molar-refractivity contribution is 7.09. The Morgan fingerprint density at radius 1 is 1.47 bits per heavy atom. The third-order valence-electron chi connectivity index (χ3n) is 2.54. The minimum atomic E-state index is -0.249. The van der Waals surface area contributed by atoms with Crippen molar-refractivity contribution in [2.45, 2.75) is 19.8 Å². The fourth-order valence-electron chi connectivity index (χ4n) is 1.57. The van der Waals surface area contributed by atoms with Gasteiger partial charge in [0.05, 0.1) is 13.5 Å². The molecule has 0 aliphatic rings. The first-order valence-electron chi connectivity index (χ1n) is 5.96. The van der Waals surface area contributed by atoms with E-state index in [1.54, 1.807) is 0 Å². The van der Waals surface area contributed by atoms with Crippen LogP contribution in [0.15, 0.2) is 24.3 Å². The molecule has 100 valence electrons. The molecule has 0 aliphatic carbocycles. The third kappa shape index (κ3) is 3.75. The maximum atomic E-state index is 11.2. The van der Waals surface area contributed by atoms with Gasteiger partial charge in [0, 0.05) is 23.6 Å². The smallest absolute Gasteiger partial charge is 0.309 e. The van der Waals surface area contributed by atoms with Gasteiger partial charge in [-0.1, -0.05) is 19.1 Å². The van der Waals surface area contributed by atoms with Gasteiger partial charge in [0.1, 0.15) is 5.82 Å². The number of aromatic nitrogens is 2. The molecule has 1 aromatic heterocycles. The second-order valence-electron chi connectivity index (χ2n) is 3.95. The SMILES string of the molecule is CCc1nsc(Nc2cccc(CC(=O)OC)c2)n1. The first kappa shape index (κ1) is 13.5. The number of hydrogen-bond acceptors (Lipinski definition) is 6. The van der Waals surface area contributed by atoms with E-state index in [2.05, 4.69) is 19.4 Å². The predicted molar refractivity (Wildman–Crippen MR) is 74.7 cm³/mol. The Kier molecular flexibility index (Phi) is 4.46. The third-order valence-corrected chi connectivity index (χ3v) is 3.21. The van der Waals surface area contributed by atoms with E-state index in [-0.39, 0.29) is 12.4 Å². The molecule has 1 N–H and O–H groups in total. The Bertz CT molecular complexity index is 569. The highest BCUT2D eigenvalue weighted by Gasteiger charge is 2.05. The number of benzene rings is 1. The van der Waals surface area contributed by atoms with Gasteiger partial charge in [-0.05, 0) is 17.7 Å². The van der Waals surface area contributed by atoms with E-state index in [0.717, 1.165) is 28.6 Å². The van der Waals surface area contributed by atoms with Gasteiger partial charge in [0.25, 0.3) is 0 Å². The molecule has 6 heteroatoms. The fraction of sp³-hybridized carbons (Fsp3) is 0.308. The number of ether oxygens (including phenoxy) is 1. The molecule has 0 aliphatic heterocycles. The van der Waals surface area contributed by atoms with Gasteiger partial charge in [-0.25, -0.2) is 4.98 Å². The average Bonchev–Trinajstić information content (AvgIpc) is 2.86. The molecule has 0 saturated carbocycles. The highest BCUT2D eigenvalue weighted by atomic mass is 32.1. The van der Waals surface area contributed by atoms with Crippen LogP contribution in [0.25, 0.3) is 0 Å². The number of nitrogens with one attached hydrogen (secondary N) is 1. The van der Waals surface area contributed by atoms with Crippen molar-refractivity contribution >= 4 is 28.3 Å². The van der Waals surface area contributed by atoms with E-state index in [1.165, 1.54) is 18.6 Å². The van der Waals surface area contributed by atoms with E-state index in [9.17, 15) is 4.79 Å². The van der Waals surface area contributed by atoms with Crippen molar-refractivity contribution in [1.29, 1.82) is 0 Å². The molecular formula is C13H15N3O2S. The maximum absolute atomic E-state index is 11.2. The van der Waals surface area contributed by atoms with E-state index in [0.29, 0.717) is 0 Å². The molecule has 5 nitrogen and oxygen atoms in total. The molecular weight excluding hydrogens is 262 g/mol. The zero-order chi connectivity index (χ0) is 13.7. The van der Waals surface area contributed by atoms with E-state index in [1.807, 2.05) is 31.2 Å².